The van der Waals surface area contributed by atoms with Crippen LogP contribution in [0.25, 0.3) is 11.1 Å². The minimum absolute atomic E-state index is 0.0385. The summed E-state index contributed by atoms with van der Waals surface area (Å²) < 4.78 is 5.54. The standard InChI is InChI=1S/C28H34N2O5/c31-26(30-25-15-8-7-14-23(25)27(32)33)16-2-1-9-17-29-28(34)35-18-24-21-12-5-3-10-19(21)20-11-4-6-13-22(20)24/h3-6,10-13,23-25H,1-2,7-9,14-18H2,(H,29,34)(H,30,31)(H,32,33)/t23-,25+/m1/s1. The average molecular weight is 479 g/mol. The lowest BCUT2D eigenvalue weighted by Gasteiger charge is -2.29. The summed E-state index contributed by atoms with van der Waals surface area (Å²) in [5, 5.41) is 15.0. The molecule has 2 aliphatic rings. The van der Waals surface area contributed by atoms with Crippen LogP contribution in [0.2, 0.25) is 0 Å². The van der Waals surface area contributed by atoms with Crippen LogP contribution in [0.4, 0.5) is 4.79 Å². The highest BCUT2D eigenvalue weighted by Crippen LogP contribution is 2.44. The Morgan fingerprint density at radius 3 is 2.23 bits per heavy atom. The molecule has 2 aromatic rings. The van der Waals surface area contributed by atoms with E-state index in [1.165, 1.54) is 22.3 Å². The molecule has 0 aliphatic heterocycles. The van der Waals surface area contributed by atoms with Crippen molar-refractivity contribution < 1.29 is 24.2 Å². The predicted molar refractivity (Wildman–Crippen MR) is 133 cm³/mol. The molecule has 0 heterocycles. The Kier molecular flexibility index (Phi) is 8.40. The van der Waals surface area contributed by atoms with Crippen LogP contribution in [0.1, 0.15) is 68.4 Å². The Morgan fingerprint density at radius 2 is 1.54 bits per heavy atom. The van der Waals surface area contributed by atoms with Crippen LogP contribution in [0.3, 0.4) is 0 Å². The minimum Gasteiger partial charge on any atom is -0.481 e. The highest BCUT2D eigenvalue weighted by atomic mass is 16.5. The first kappa shape index (κ1) is 24.8. The second-order valence-corrected chi connectivity index (χ2v) is 9.47. The van der Waals surface area contributed by atoms with E-state index in [0.717, 1.165) is 32.1 Å². The molecule has 1 fully saturated rings. The van der Waals surface area contributed by atoms with Gasteiger partial charge in [-0.3, -0.25) is 9.59 Å². The summed E-state index contributed by atoms with van der Waals surface area (Å²) in [4.78, 5) is 35.8. The quantitative estimate of drug-likeness (QED) is 0.424. The number of carbonyl (C=O) groups is 3. The highest BCUT2D eigenvalue weighted by Gasteiger charge is 2.31. The number of amides is 2. The van der Waals surface area contributed by atoms with Gasteiger partial charge in [-0.1, -0.05) is 67.8 Å². The van der Waals surface area contributed by atoms with Crippen LogP contribution in [0.5, 0.6) is 0 Å². The Labute approximate surface area is 206 Å². The summed E-state index contributed by atoms with van der Waals surface area (Å²) in [6.07, 6.45) is 5.39. The molecule has 0 bridgehead atoms. The number of nitrogens with one attached hydrogen (secondary N) is 2. The van der Waals surface area contributed by atoms with E-state index in [9.17, 15) is 19.5 Å². The SMILES string of the molecule is O=C(CCCCCNC(=O)OCC1c2ccccc2-c2ccccc21)N[C@H]1CCCC[C@H]1C(=O)O. The summed E-state index contributed by atoms with van der Waals surface area (Å²) in [6.45, 7) is 0.778. The van der Waals surface area contributed by atoms with Gasteiger partial charge in [-0.05, 0) is 47.9 Å². The number of carboxylic acid groups (broad SMARTS) is 1. The molecule has 0 radical (unpaired) electrons. The van der Waals surface area contributed by atoms with Crippen molar-refractivity contribution in [3.05, 3.63) is 59.7 Å². The van der Waals surface area contributed by atoms with Gasteiger partial charge in [0.25, 0.3) is 0 Å². The van der Waals surface area contributed by atoms with Crippen LogP contribution in [0, 0.1) is 5.92 Å². The maximum absolute atomic E-state index is 12.2. The number of hydrogen-bond acceptors (Lipinski definition) is 4. The van der Waals surface area contributed by atoms with Gasteiger partial charge in [0, 0.05) is 24.9 Å². The summed E-state index contributed by atoms with van der Waals surface area (Å²) in [5.74, 6) is -1.35. The molecule has 7 heteroatoms. The molecule has 35 heavy (non-hydrogen) atoms. The van der Waals surface area contributed by atoms with Gasteiger partial charge < -0.3 is 20.5 Å². The fraction of sp³-hybridized carbons (Fsp3) is 0.464. The van der Waals surface area contributed by atoms with Crippen molar-refractivity contribution in [2.24, 2.45) is 5.92 Å². The van der Waals surface area contributed by atoms with Crippen molar-refractivity contribution >= 4 is 18.0 Å². The summed E-state index contributed by atoms with van der Waals surface area (Å²) in [5.41, 5.74) is 4.76. The number of rotatable bonds is 10. The zero-order valence-corrected chi connectivity index (χ0v) is 20.0. The number of carboxylic acids is 1. The van der Waals surface area contributed by atoms with Gasteiger partial charge in [0.15, 0.2) is 0 Å². The number of fused-ring (bicyclic) bond motifs is 3. The molecule has 0 aromatic heterocycles. The maximum atomic E-state index is 12.2. The Morgan fingerprint density at radius 1 is 0.886 bits per heavy atom. The van der Waals surface area contributed by atoms with E-state index >= 15 is 0 Å². The van der Waals surface area contributed by atoms with Gasteiger partial charge in [0.05, 0.1) is 5.92 Å². The van der Waals surface area contributed by atoms with Crippen LogP contribution >= 0.6 is 0 Å². The largest absolute Gasteiger partial charge is 0.481 e. The van der Waals surface area contributed by atoms with E-state index in [0.29, 0.717) is 32.4 Å². The molecule has 0 unspecified atom stereocenters. The molecule has 3 N–H and O–H groups in total. The second kappa shape index (κ2) is 11.9. The van der Waals surface area contributed by atoms with Gasteiger partial charge in [-0.15, -0.1) is 0 Å². The molecule has 2 atom stereocenters. The van der Waals surface area contributed by atoms with E-state index in [2.05, 4.69) is 34.9 Å². The monoisotopic (exact) mass is 478 g/mol. The van der Waals surface area contributed by atoms with E-state index in [1.54, 1.807) is 0 Å². The first-order chi connectivity index (χ1) is 17.0. The van der Waals surface area contributed by atoms with Crippen molar-refractivity contribution in [2.75, 3.05) is 13.2 Å². The predicted octanol–water partition coefficient (Wildman–Crippen LogP) is 4.85. The molecule has 2 amide bonds. The molecular weight excluding hydrogens is 444 g/mol. The first-order valence-corrected chi connectivity index (χ1v) is 12.7. The zero-order chi connectivity index (χ0) is 24.6. The van der Waals surface area contributed by atoms with Crippen LogP contribution in [0.15, 0.2) is 48.5 Å². The van der Waals surface area contributed by atoms with E-state index in [1.807, 2.05) is 24.3 Å². The summed E-state index contributed by atoms with van der Waals surface area (Å²) in [7, 11) is 0. The van der Waals surface area contributed by atoms with Gasteiger partial charge >= 0.3 is 12.1 Å². The smallest absolute Gasteiger partial charge is 0.407 e. The fourth-order valence-corrected chi connectivity index (χ4v) is 5.31. The van der Waals surface area contributed by atoms with E-state index < -0.39 is 18.0 Å². The van der Waals surface area contributed by atoms with Crippen molar-refractivity contribution in [1.82, 2.24) is 10.6 Å². The second-order valence-electron chi connectivity index (χ2n) is 9.47. The molecule has 186 valence electrons. The van der Waals surface area contributed by atoms with Gasteiger partial charge in [0.1, 0.15) is 6.61 Å². The number of benzene rings is 2. The third kappa shape index (κ3) is 6.21. The Bertz CT molecular complexity index is 1010. The highest BCUT2D eigenvalue weighted by molar-refractivity contribution is 5.79. The number of hydrogen-bond donors (Lipinski definition) is 3. The van der Waals surface area contributed by atoms with Crippen molar-refractivity contribution in [2.45, 2.75) is 63.3 Å². The molecule has 4 rings (SSSR count). The molecule has 0 saturated heterocycles. The average Bonchev–Trinajstić information content (AvgIpc) is 3.18. The number of carbonyl (C=O) groups excluding carboxylic acids is 2. The van der Waals surface area contributed by atoms with Gasteiger partial charge in [-0.25, -0.2) is 4.79 Å². The van der Waals surface area contributed by atoms with Crippen LogP contribution in [-0.4, -0.2) is 42.3 Å². The third-order valence-electron chi connectivity index (χ3n) is 7.12. The van der Waals surface area contributed by atoms with Gasteiger partial charge in [0.2, 0.25) is 5.91 Å². The van der Waals surface area contributed by atoms with E-state index in [4.69, 9.17) is 4.74 Å². The van der Waals surface area contributed by atoms with Crippen molar-refractivity contribution in [3.63, 3.8) is 0 Å². The molecule has 7 nitrogen and oxygen atoms in total. The van der Waals surface area contributed by atoms with E-state index in [-0.39, 0.29) is 17.9 Å². The third-order valence-corrected chi connectivity index (χ3v) is 7.12. The number of alkyl carbamates (subject to hydrolysis) is 1. The number of aliphatic carboxylic acids is 1. The molecule has 1 saturated carbocycles. The zero-order valence-electron chi connectivity index (χ0n) is 20.0. The normalized spacial score (nSPS) is 18.9. The van der Waals surface area contributed by atoms with Gasteiger partial charge in [-0.2, -0.15) is 0 Å². The lowest BCUT2D eigenvalue weighted by Crippen LogP contribution is -2.45. The fourth-order valence-electron chi connectivity index (χ4n) is 5.31. The molecule has 2 aromatic carbocycles. The molecular formula is C28H34N2O5. The Balaban J connectivity index is 1.12. The molecule has 2 aliphatic carbocycles. The lowest BCUT2D eigenvalue weighted by atomic mass is 9.84. The maximum Gasteiger partial charge on any atom is 0.407 e. The lowest BCUT2D eigenvalue weighted by molar-refractivity contribution is -0.144. The summed E-state index contributed by atoms with van der Waals surface area (Å²) >= 11 is 0. The Hall–Kier alpha value is -3.35. The van der Waals surface area contributed by atoms with Crippen molar-refractivity contribution in [1.29, 1.82) is 0 Å². The van der Waals surface area contributed by atoms with Crippen LogP contribution in [-0.2, 0) is 14.3 Å². The van der Waals surface area contributed by atoms with Crippen LogP contribution < -0.4 is 10.6 Å². The topological polar surface area (TPSA) is 105 Å². The first-order valence-electron chi connectivity index (χ1n) is 12.7. The minimum atomic E-state index is -0.825. The number of ether oxygens (including phenoxy) is 1. The number of unbranched alkanes of at least 4 members (excludes halogenated alkanes) is 2. The van der Waals surface area contributed by atoms with Crippen molar-refractivity contribution in [3.8, 4) is 11.1 Å². The summed E-state index contributed by atoms with van der Waals surface area (Å²) in [6, 6.07) is 16.2. The molecule has 0 spiro atoms.